The van der Waals surface area contributed by atoms with Crippen LogP contribution >= 0.6 is 22.9 Å². The van der Waals surface area contributed by atoms with Gasteiger partial charge in [-0.15, -0.1) is 11.3 Å². The summed E-state index contributed by atoms with van der Waals surface area (Å²) in [6.07, 6.45) is 2.21. The van der Waals surface area contributed by atoms with Crippen molar-refractivity contribution in [1.82, 2.24) is 4.98 Å². The number of rotatable bonds is 3. The third-order valence-electron chi connectivity index (χ3n) is 4.51. The molecule has 6 heteroatoms. The maximum atomic E-state index is 12.8. The number of benzene rings is 1. The highest BCUT2D eigenvalue weighted by molar-refractivity contribution is 7.19. The van der Waals surface area contributed by atoms with E-state index in [1.54, 1.807) is 12.1 Å². The summed E-state index contributed by atoms with van der Waals surface area (Å²) in [5.41, 5.74) is 1.80. The second-order valence-corrected chi connectivity index (χ2v) is 8.00. The number of carbonyl (C=O) groups is 2. The summed E-state index contributed by atoms with van der Waals surface area (Å²) in [6.45, 7) is 0. The van der Waals surface area contributed by atoms with E-state index in [4.69, 9.17) is 16.3 Å². The van der Waals surface area contributed by atoms with Crippen LogP contribution in [-0.4, -0.2) is 22.8 Å². The lowest BCUT2D eigenvalue weighted by molar-refractivity contribution is -0.129. The van der Waals surface area contributed by atoms with Gasteiger partial charge in [0.2, 0.25) is 0 Å². The molecule has 2 heterocycles. The highest BCUT2D eigenvalue weighted by Crippen LogP contribution is 2.32. The predicted molar refractivity (Wildman–Crippen MR) is 103 cm³/mol. The van der Waals surface area contributed by atoms with Crippen LogP contribution in [0.1, 0.15) is 36.0 Å². The van der Waals surface area contributed by atoms with Crippen LogP contribution < -0.4 is 0 Å². The van der Waals surface area contributed by atoms with E-state index in [-0.39, 0.29) is 5.78 Å². The predicted octanol–water partition coefficient (Wildman–Crippen LogP) is 5.29. The van der Waals surface area contributed by atoms with Crippen LogP contribution in [0.5, 0.6) is 0 Å². The fraction of sp³-hybridized carbons (Fsp3) is 0.250. The van der Waals surface area contributed by atoms with E-state index in [1.165, 1.54) is 11.3 Å². The fourth-order valence-electron chi connectivity index (χ4n) is 3.19. The van der Waals surface area contributed by atoms with Gasteiger partial charge < -0.3 is 4.74 Å². The first-order chi connectivity index (χ1) is 12.6. The first kappa shape index (κ1) is 17.2. The molecule has 1 fully saturated rings. The summed E-state index contributed by atoms with van der Waals surface area (Å²) in [6, 6.07) is 12.8. The summed E-state index contributed by atoms with van der Waals surface area (Å²) in [5.74, 6) is -0.471. The highest BCUT2D eigenvalue weighted by Gasteiger charge is 2.27. The van der Waals surface area contributed by atoms with Crippen molar-refractivity contribution in [3.63, 3.8) is 0 Å². The first-order valence-corrected chi connectivity index (χ1v) is 9.70. The van der Waals surface area contributed by atoms with E-state index in [0.29, 0.717) is 39.3 Å². The maximum Gasteiger partial charge on any atom is 0.339 e. The number of aromatic nitrogens is 1. The summed E-state index contributed by atoms with van der Waals surface area (Å²) < 4.78 is 6.21. The first-order valence-electron chi connectivity index (χ1n) is 8.51. The SMILES string of the molecule is O=C(O[C@H]1CCCCC1=O)c1cc(-c2ccc(Cl)s2)nc2ccccc12. The van der Waals surface area contributed by atoms with Gasteiger partial charge in [-0.25, -0.2) is 9.78 Å². The van der Waals surface area contributed by atoms with Crippen molar-refractivity contribution < 1.29 is 14.3 Å². The Labute approximate surface area is 159 Å². The molecule has 1 aliphatic carbocycles. The zero-order valence-electron chi connectivity index (χ0n) is 13.9. The van der Waals surface area contributed by atoms with Gasteiger partial charge in [-0.2, -0.15) is 0 Å². The minimum absolute atomic E-state index is 0.00761. The number of thiophene rings is 1. The molecule has 2 aromatic heterocycles. The van der Waals surface area contributed by atoms with Crippen molar-refractivity contribution in [3.05, 3.63) is 52.4 Å². The molecular weight excluding hydrogens is 370 g/mol. The molecule has 0 N–H and O–H groups in total. The average molecular weight is 386 g/mol. The van der Waals surface area contributed by atoms with Crippen molar-refractivity contribution in [2.75, 3.05) is 0 Å². The summed E-state index contributed by atoms with van der Waals surface area (Å²) in [4.78, 5) is 30.4. The van der Waals surface area contributed by atoms with E-state index in [1.807, 2.05) is 30.3 Å². The van der Waals surface area contributed by atoms with E-state index in [9.17, 15) is 9.59 Å². The largest absolute Gasteiger partial charge is 0.451 e. The summed E-state index contributed by atoms with van der Waals surface area (Å²) >= 11 is 7.44. The molecule has 0 aliphatic heterocycles. The Kier molecular flexibility index (Phi) is 4.74. The number of hydrogen-bond donors (Lipinski definition) is 0. The third kappa shape index (κ3) is 3.37. The van der Waals surface area contributed by atoms with Gasteiger partial charge in [-0.1, -0.05) is 29.8 Å². The zero-order valence-corrected chi connectivity index (χ0v) is 15.5. The Morgan fingerprint density at radius 1 is 1.19 bits per heavy atom. The van der Waals surface area contributed by atoms with E-state index >= 15 is 0 Å². The quantitative estimate of drug-likeness (QED) is 0.575. The molecule has 1 aromatic carbocycles. The number of Topliss-reactive ketones (excluding diaryl/α,β-unsaturated/α-hetero) is 1. The van der Waals surface area contributed by atoms with E-state index in [0.717, 1.165) is 17.7 Å². The number of halogens is 1. The van der Waals surface area contributed by atoms with Crippen molar-refractivity contribution in [2.24, 2.45) is 0 Å². The Morgan fingerprint density at radius 2 is 2.04 bits per heavy atom. The number of ketones is 1. The van der Waals surface area contributed by atoms with E-state index < -0.39 is 12.1 Å². The van der Waals surface area contributed by atoms with Crippen molar-refractivity contribution >= 4 is 45.6 Å². The van der Waals surface area contributed by atoms with Crippen LogP contribution in [-0.2, 0) is 9.53 Å². The monoisotopic (exact) mass is 385 g/mol. The minimum atomic E-state index is -0.636. The summed E-state index contributed by atoms with van der Waals surface area (Å²) in [5, 5.41) is 0.715. The van der Waals surface area contributed by atoms with Gasteiger partial charge in [0.25, 0.3) is 0 Å². The topological polar surface area (TPSA) is 56.3 Å². The lowest BCUT2D eigenvalue weighted by Crippen LogP contribution is -2.30. The number of pyridine rings is 1. The van der Waals surface area contributed by atoms with Crippen LogP contribution in [0.3, 0.4) is 0 Å². The van der Waals surface area contributed by atoms with Gasteiger partial charge >= 0.3 is 5.97 Å². The second kappa shape index (κ2) is 7.17. The fourth-order valence-corrected chi connectivity index (χ4v) is 4.19. The number of esters is 1. The molecular formula is C20H16ClNO3S. The van der Waals surface area contributed by atoms with Crippen LogP contribution in [0.25, 0.3) is 21.5 Å². The molecule has 0 amide bonds. The van der Waals surface area contributed by atoms with Crippen LogP contribution in [0, 0.1) is 0 Å². The normalized spacial score (nSPS) is 17.4. The molecule has 0 saturated heterocycles. The molecule has 1 atom stereocenters. The maximum absolute atomic E-state index is 12.8. The highest BCUT2D eigenvalue weighted by atomic mass is 35.5. The second-order valence-electron chi connectivity index (χ2n) is 6.28. The van der Waals surface area contributed by atoms with Crippen LogP contribution in [0.4, 0.5) is 0 Å². The zero-order chi connectivity index (χ0) is 18.1. The van der Waals surface area contributed by atoms with Crippen molar-refractivity contribution in [3.8, 4) is 10.6 Å². The minimum Gasteiger partial charge on any atom is -0.451 e. The summed E-state index contributed by atoms with van der Waals surface area (Å²) in [7, 11) is 0. The molecule has 4 rings (SSSR count). The molecule has 0 bridgehead atoms. The van der Waals surface area contributed by atoms with Gasteiger partial charge in [0.1, 0.15) is 0 Å². The van der Waals surface area contributed by atoms with Gasteiger partial charge in [-0.05, 0) is 43.5 Å². The average Bonchev–Trinajstić information content (AvgIpc) is 3.09. The molecule has 26 heavy (non-hydrogen) atoms. The van der Waals surface area contributed by atoms with Crippen LogP contribution in [0.15, 0.2) is 42.5 Å². The lowest BCUT2D eigenvalue weighted by atomic mass is 9.96. The molecule has 0 unspecified atom stereocenters. The standard InChI is InChI=1S/C20H16ClNO3S/c21-19-10-9-18(26-19)15-11-13(12-5-1-2-6-14(12)22-15)20(24)25-17-8-4-3-7-16(17)23/h1-2,5-6,9-11,17H,3-4,7-8H2/t17-/m0/s1. The third-order valence-corrected chi connectivity index (χ3v) is 5.76. The van der Waals surface area contributed by atoms with Gasteiger partial charge in [-0.3, -0.25) is 4.79 Å². The molecule has 3 aromatic rings. The molecule has 0 radical (unpaired) electrons. The van der Waals surface area contributed by atoms with Crippen molar-refractivity contribution in [2.45, 2.75) is 31.8 Å². The number of carbonyl (C=O) groups excluding carboxylic acids is 2. The number of fused-ring (bicyclic) bond motifs is 1. The van der Waals surface area contributed by atoms with E-state index in [2.05, 4.69) is 4.98 Å². The van der Waals surface area contributed by atoms with Crippen molar-refractivity contribution in [1.29, 1.82) is 0 Å². The molecule has 1 aliphatic rings. The Bertz CT molecular complexity index is 998. The smallest absolute Gasteiger partial charge is 0.339 e. The van der Waals surface area contributed by atoms with Gasteiger partial charge in [0.15, 0.2) is 11.9 Å². The Hall–Kier alpha value is -2.24. The number of ether oxygens (including phenoxy) is 1. The molecule has 4 nitrogen and oxygen atoms in total. The Morgan fingerprint density at radius 3 is 2.81 bits per heavy atom. The number of nitrogens with zero attached hydrogens (tertiary/aromatic N) is 1. The van der Waals surface area contributed by atoms with Gasteiger partial charge in [0, 0.05) is 11.8 Å². The molecule has 0 spiro atoms. The van der Waals surface area contributed by atoms with Gasteiger partial charge in [0.05, 0.1) is 26.0 Å². The lowest BCUT2D eigenvalue weighted by Gasteiger charge is -2.21. The van der Waals surface area contributed by atoms with Crippen LogP contribution in [0.2, 0.25) is 4.34 Å². The number of para-hydroxylation sites is 1. The Balaban J connectivity index is 1.75. The molecule has 1 saturated carbocycles. The number of hydrogen-bond acceptors (Lipinski definition) is 5. The molecule has 132 valence electrons.